The summed E-state index contributed by atoms with van der Waals surface area (Å²) in [5, 5.41) is 12.2. The number of halogens is 1. The molecule has 1 aliphatic rings. The van der Waals surface area contributed by atoms with Gasteiger partial charge in [-0.25, -0.2) is 4.39 Å². The van der Waals surface area contributed by atoms with Crippen molar-refractivity contribution in [3.05, 3.63) is 190 Å². The molecule has 5 aromatic carbocycles. The van der Waals surface area contributed by atoms with E-state index >= 15 is 0 Å². The van der Waals surface area contributed by atoms with Gasteiger partial charge in [0.05, 0.1) is 26.4 Å². The SMILES string of the molecule is Cc1ccc([C@H]2O[C@H](COCc3ccccc3)[C@@H](OCc3ccccc3)[C@H](OCc3ccccc3)[C@H]2O)cc1Cc1ccc(-c2ccc(F)cc2)s1. The molecule has 0 spiro atoms. The van der Waals surface area contributed by atoms with E-state index < -0.39 is 30.5 Å². The van der Waals surface area contributed by atoms with Crippen LogP contribution in [-0.2, 0) is 45.2 Å². The zero-order valence-corrected chi connectivity index (χ0v) is 30.0. The number of thiophene rings is 1. The van der Waals surface area contributed by atoms with Gasteiger partial charge in [-0.05, 0) is 70.1 Å². The molecule has 0 saturated carbocycles. The molecule has 0 aliphatic carbocycles. The Morgan fingerprint density at radius 3 is 1.90 bits per heavy atom. The first-order chi connectivity index (χ1) is 25.5. The standard InChI is InChI=1S/C45H43FO5S/c1-31-17-18-36(25-37(31)26-39-23-24-41(52-39)35-19-21-38(46)22-20-35)43-42(47)45(50-29-34-15-9-4-10-16-34)44(49-28-33-13-7-3-8-14-33)40(51-43)30-48-27-32-11-5-2-6-12-32/h2-25,40,42-45,47H,26-30H2,1H3/t40-,42+,43-,44-,45-/m1/s1. The number of hydrogen-bond donors (Lipinski definition) is 1. The number of benzene rings is 5. The van der Waals surface area contributed by atoms with E-state index in [4.69, 9.17) is 18.9 Å². The van der Waals surface area contributed by atoms with Gasteiger partial charge in [0, 0.05) is 16.2 Å². The van der Waals surface area contributed by atoms with Gasteiger partial charge in [0.25, 0.3) is 0 Å². The van der Waals surface area contributed by atoms with E-state index in [9.17, 15) is 9.50 Å². The minimum absolute atomic E-state index is 0.244. The minimum Gasteiger partial charge on any atom is -0.387 e. The highest BCUT2D eigenvalue weighted by Gasteiger charge is 2.47. The summed E-state index contributed by atoms with van der Waals surface area (Å²) in [6.45, 7) is 3.42. The number of aliphatic hydroxyl groups is 1. The van der Waals surface area contributed by atoms with Crippen molar-refractivity contribution in [1.29, 1.82) is 0 Å². The van der Waals surface area contributed by atoms with Crippen LogP contribution in [0.2, 0.25) is 0 Å². The molecule has 1 aromatic heterocycles. The van der Waals surface area contributed by atoms with Gasteiger partial charge >= 0.3 is 0 Å². The van der Waals surface area contributed by atoms with Crippen LogP contribution in [0.1, 0.15) is 44.4 Å². The van der Waals surface area contributed by atoms with Crippen LogP contribution < -0.4 is 0 Å². The molecule has 0 unspecified atom stereocenters. The molecule has 0 amide bonds. The molecule has 266 valence electrons. The first kappa shape index (κ1) is 35.9. The fraction of sp³-hybridized carbons (Fsp3) is 0.244. The molecule has 1 aliphatic heterocycles. The highest BCUT2D eigenvalue weighted by Crippen LogP contribution is 2.38. The zero-order chi connectivity index (χ0) is 35.7. The number of aliphatic hydroxyl groups excluding tert-OH is 1. The third-order valence-electron chi connectivity index (χ3n) is 9.48. The smallest absolute Gasteiger partial charge is 0.123 e. The van der Waals surface area contributed by atoms with Gasteiger partial charge in [-0.15, -0.1) is 11.3 Å². The molecule has 5 atom stereocenters. The Morgan fingerprint density at radius 2 is 1.27 bits per heavy atom. The van der Waals surface area contributed by atoms with Crippen molar-refractivity contribution in [2.45, 2.75) is 63.7 Å². The maximum absolute atomic E-state index is 13.5. The summed E-state index contributed by atoms with van der Waals surface area (Å²) in [4.78, 5) is 2.28. The predicted molar refractivity (Wildman–Crippen MR) is 203 cm³/mol. The second-order valence-electron chi connectivity index (χ2n) is 13.2. The molecule has 1 fully saturated rings. The Bertz CT molecular complexity index is 1980. The lowest BCUT2D eigenvalue weighted by atomic mass is 9.89. The van der Waals surface area contributed by atoms with Gasteiger partial charge in [-0.3, -0.25) is 0 Å². The summed E-state index contributed by atoms with van der Waals surface area (Å²) in [5.41, 5.74) is 7.23. The van der Waals surface area contributed by atoms with Crippen LogP contribution in [0.4, 0.5) is 4.39 Å². The average molecular weight is 715 g/mol. The monoisotopic (exact) mass is 714 g/mol. The second-order valence-corrected chi connectivity index (χ2v) is 14.4. The van der Waals surface area contributed by atoms with E-state index in [0.29, 0.717) is 26.2 Å². The van der Waals surface area contributed by atoms with Gasteiger partial charge in [0.1, 0.15) is 36.3 Å². The van der Waals surface area contributed by atoms with Crippen molar-refractivity contribution in [1.82, 2.24) is 0 Å². The molecule has 1 N–H and O–H groups in total. The van der Waals surface area contributed by atoms with E-state index in [0.717, 1.165) is 43.8 Å². The summed E-state index contributed by atoms with van der Waals surface area (Å²) in [6.07, 6.45) is -2.81. The molecule has 52 heavy (non-hydrogen) atoms. The average Bonchev–Trinajstić information content (AvgIpc) is 3.65. The van der Waals surface area contributed by atoms with Crippen LogP contribution in [-0.4, -0.2) is 36.1 Å². The van der Waals surface area contributed by atoms with Crippen LogP contribution in [0.15, 0.2) is 146 Å². The van der Waals surface area contributed by atoms with Crippen molar-refractivity contribution in [3.8, 4) is 10.4 Å². The molecule has 5 nitrogen and oxygen atoms in total. The van der Waals surface area contributed by atoms with Crippen molar-refractivity contribution in [2.24, 2.45) is 0 Å². The van der Waals surface area contributed by atoms with Gasteiger partial charge in [-0.2, -0.15) is 0 Å². The third kappa shape index (κ3) is 9.11. The number of rotatable bonds is 14. The third-order valence-corrected chi connectivity index (χ3v) is 10.6. The summed E-state index contributed by atoms with van der Waals surface area (Å²) in [6, 6.07) is 47.1. The van der Waals surface area contributed by atoms with Gasteiger partial charge in [-0.1, -0.05) is 121 Å². The normalized spacial score (nSPS) is 20.2. The quantitative estimate of drug-likeness (QED) is 0.122. The number of aryl methyl sites for hydroxylation is 1. The molecule has 7 heteroatoms. The van der Waals surface area contributed by atoms with Crippen molar-refractivity contribution < 1.29 is 28.4 Å². The minimum atomic E-state index is -1.02. The van der Waals surface area contributed by atoms with E-state index in [-0.39, 0.29) is 12.4 Å². The maximum atomic E-state index is 13.5. The molecule has 1 saturated heterocycles. The largest absolute Gasteiger partial charge is 0.387 e. The molecule has 2 heterocycles. The van der Waals surface area contributed by atoms with Gasteiger partial charge in [0.2, 0.25) is 0 Å². The Morgan fingerprint density at radius 1 is 0.673 bits per heavy atom. The fourth-order valence-corrected chi connectivity index (χ4v) is 7.66. The van der Waals surface area contributed by atoms with Crippen molar-refractivity contribution in [2.75, 3.05) is 6.61 Å². The van der Waals surface area contributed by atoms with E-state index in [1.54, 1.807) is 11.3 Å². The molecular formula is C45H43FO5S. The lowest BCUT2D eigenvalue weighted by Gasteiger charge is -2.45. The molecular weight excluding hydrogens is 672 g/mol. The summed E-state index contributed by atoms with van der Waals surface area (Å²) < 4.78 is 39.8. The van der Waals surface area contributed by atoms with Crippen LogP contribution in [0.25, 0.3) is 10.4 Å². The maximum Gasteiger partial charge on any atom is 0.123 e. The molecule has 6 aromatic rings. The van der Waals surface area contributed by atoms with Crippen LogP contribution in [0, 0.1) is 12.7 Å². The van der Waals surface area contributed by atoms with Gasteiger partial charge in [0.15, 0.2) is 0 Å². The Balaban J connectivity index is 1.16. The molecule has 0 bridgehead atoms. The first-order valence-corrected chi connectivity index (χ1v) is 18.5. The number of hydrogen-bond acceptors (Lipinski definition) is 6. The zero-order valence-electron chi connectivity index (χ0n) is 29.1. The lowest BCUT2D eigenvalue weighted by Crippen LogP contribution is -2.57. The van der Waals surface area contributed by atoms with Gasteiger partial charge < -0.3 is 24.1 Å². The Kier molecular flexibility index (Phi) is 12.0. The molecule has 0 radical (unpaired) electrons. The fourth-order valence-electron chi connectivity index (χ4n) is 6.62. The highest BCUT2D eigenvalue weighted by molar-refractivity contribution is 7.15. The Labute approximate surface area is 309 Å². The predicted octanol–water partition coefficient (Wildman–Crippen LogP) is 9.64. The van der Waals surface area contributed by atoms with Crippen LogP contribution in [0.5, 0.6) is 0 Å². The van der Waals surface area contributed by atoms with E-state index in [2.05, 4.69) is 31.2 Å². The summed E-state index contributed by atoms with van der Waals surface area (Å²) in [5.74, 6) is -0.244. The lowest BCUT2D eigenvalue weighted by molar-refractivity contribution is -0.263. The Hall–Kier alpha value is -4.47. The van der Waals surface area contributed by atoms with E-state index in [1.165, 1.54) is 17.0 Å². The van der Waals surface area contributed by atoms with Crippen LogP contribution in [0.3, 0.4) is 0 Å². The topological polar surface area (TPSA) is 57.2 Å². The van der Waals surface area contributed by atoms with Crippen molar-refractivity contribution in [3.63, 3.8) is 0 Å². The second kappa shape index (κ2) is 17.4. The van der Waals surface area contributed by atoms with Crippen LogP contribution >= 0.6 is 11.3 Å². The van der Waals surface area contributed by atoms with E-state index in [1.807, 2.05) is 109 Å². The highest BCUT2D eigenvalue weighted by atomic mass is 32.1. The molecule has 7 rings (SSSR count). The summed E-state index contributed by atoms with van der Waals surface area (Å²) >= 11 is 1.70. The summed E-state index contributed by atoms with van der Waals surface area (Å²) in [7, 11) is 0. The van der Waals surface area contributed by atoms with Crippen molar-refractivity contribution >= 4 is 11.3 Å². The number of ether oxygens (including phenoxy) is 4. The first-order valence-electron chi connectivity index (χ1n) is 17.7.